The molecule has 0 aliphatic rings. The van der Waals surface area contributed by atoms with Gasteiger partial charge in [0.05, 0.1) is 16.6 Å². The summed E-state index contributed by atoms with van der Waals surface area (Å²) in [7, 11) is 1.55. The zero-order valence-corrected chi connectivity index (χ0v) is 13.2. The summed E-state index contributed by atoms with van der Waals surface area (Å²) in [5.41, 5.74) is 0.349. The highest BCUT2D eigenvalue weighted by Gasteiger charge is 2.24. The van der Waals surface area contributed by atoms with Gasteiger partial charge in [-0.05, 0) is 27.6 Å². The number of hydrogen-bond donors (Lipinski definition) is 0. The minimum absolute atomic E-state index is 0.0242. The van der Waals surface area contributed by atoms with Crippen molar-refractivity contribution in [3.8, 4) is 0 Å². The Morgan fingerprint density at radius 3 is 2.55 bits per heavy atom. The Labute approximate surface area is 134 Å². The summed E-state index contributed by atoms with van der Waals surface area (Å²) < 4.78 is 13.5. The van der Waals surface area contributed by atoms with Crippen LogP contribution in [0.5, 0.6) is 0 Å². The van der Waals surface area contributed by atoms with Gasteiger partial charge >= 0.3 is 0 Å². The van der Waals surface area contributed by atoms with Gasteiger partial charge in [0.2, 0.25) is 0 Å². The number of halogens is 2. The average Bonchev–Trinajstić information content (AvgIpc) is 2.49. The van der Waals surface area contributed by atoms with Crippen molar-refractivity contribution in [3.05, 3.63) is 74.0 Å². The molecule has 0 bridgehead atoms. The van der Waals surface area contributed by atoms with Crippen molar-refractivity contribution in [2.24, 2.45) is 0 Å². The summed E-state index contributed by atoms with van der Waals surface area (Å²) in [6, 6.07) is 11.0. The molecule has 0 aliphatic heterocycles. The van der Waals surface area contributed by atoms with E-state index in [0.29, 0.717) is 6.54 Å². The van der Waals surface area contributed by atoms with E-state index in [9.17, 15) is 19.3 Å². The normalized spacial score (nSPS) is 10.3. The lowest BCUT2D eigenvalue weighted by Gasteiger charge is -2.18. The summed E-state index contributed by atoms with van der Waals surface area (Å²) >= 11 is 3.01. The molecule has 0 saturated carbocycles. The number of nitro groups is 1. The molecule has 0 heterocycles. The van der Waals surface area contributed by atoms with Crippen molar-refractivity contribution in [2.75, 3.05) is 7.05 Å². The van der Waals surface area contributed by atoms with Crippen LogP contribution in [0.3, 0.4) is 0 Å². The fraction of sp³-hybridized carbons (Fsp3) is 0.133. The standard InChI is InChI=1S/C15H12BrFN2O3/c1-18(9-10-5-3-2-4-6-10)15(20)12-7-11(17)8-13(14(12)16)19(21)22/h2-8H,9H2,1H3. The van der Waals surface area contributed by atoms with E-state index in [1.165, 1.54) is 4.90 Å². The van der Waals surface area contributed by atoms with Crippen molar-refractivity contribution in [3.63, 3.8) is 0 Å². The number of hydrogen-bond acceptors (Lipinski definition) is 3. The van der Waals surface area contributed by atoms with Crippen molar-refractivity contribution in [2.45, 2.75) is 6.54 Å². The van der Waals surface area contributed by atoms with Crippen LogP contribution >= 0.6 is 15.9 Å². The molecule has 5 nitrogen and oxygen atoms in total. The van der Waals surface area contributed by atoms with Gasteiger partial charge in [0.25, 0.3) is 11.6 Å². The molecule has 1 amide bonds. The first-order chi connectivity index (χ1) is 10.4. The Morgan fingerprint density at radius 1 is 1.32 bits per heavy atom. The largest absolute Gasteiger partial charge is 0.337 e. The third kappa shape index (κ3) is 3.48. The molecule has 0 saturated heterocycles. The second kappa shape index (κ2) is 6.65. The summed E-state index contributed by atoms with van der Waals surface area (Å²) in [6.45, 7) is 0.316. The van der Waals surface area contributed by atoms with E-state index in [4.69, 9.17) is 0 Å². The zero-order valence-electron chi connectivity index (χ0n) is 11.6. The maximum absolute atomic E-state index is 13.5. The van der Waals surface area contributed by atoms with Crippen molar-refractivity contribution >= 4 is 27.5 Å². The van der Waals surface area contributed by atoms with E-state index < -0.39 is 22.3 Å². The molecule has 0 spiro atoms. The Morgan fingerprint density at radius 2 is 1.95 bits per heavy atom. The highest BCUT2D eigenvalue weighted by Crippen LogP contribution is 2.30. The van der Waals surface area contributed by atoms with Gasteiger partial charge in [-0.15, -0.1) is 0 Å². The van der Waals surface area contributed by atoms with E-state index in [2.05, 4.69) is 15.9 Å². The zero-order chi connectivity index (χ0) is 16.3. The number of carbonyl (C=O) groups is 1. The fourth-order valence-electron chi connectivity index (χ4n) is 2.00. The first-order valence-corrected chi connectivity index (χ1v) is 7.12. The molecule has 0 atom stereocenters. The van der Waals surface area contributed by atoms with E-state index in [-0.39, 0.29) is 10.0 Å². The van der Waals surface area contributed by atoms with Crippen molar-refractivity contribution in [1.82, 2.24) is 4.90 Å². The van der Waals surface area contributed by atoms with Crippen LogP contribution in [0.1, 0.15) is 15.9 Å². The maximum atomic E-state index is 13.5. The predicted molar refractivity (Wildman–Crippen MR) is 83.0 cm³/mol. The van der Waals surface area contributed by atoms with Gasteiger partial charge in [0.15, 0.2) is 0 Å². The van der Waals surface area contributed by atoms with E-state index in [1.807, 2.05) is 30.3 Å². The second-order valence-electron chi connectivity index (χ2n) is 4.69. The number of nitro benzene ring substituents is 1. The van der Waals surface area contributed by atoms with Crippen LogP contribution < -0.4 is 0 Å². The van der Waals surface area contributed by atoms with Gasteiger partial charge < -0.3 is 4.90 Å². The van der Waals surface area contributed by atoms with Gasteiger partial charge in [-0.2, -0.15) is 0 Å². The van der Waals surface area contributed by atoms with Crippen LogP contribution in [0.25, 0.3) is 0 Å². The number of amides is 1. The quantitative estimate of drug-likeness (QED) is 0.611. The third-order valence-corrected chi connectivity index (χ3v) is 3.89. The van der Waals surface area contributed by atoms with Crippen molar-refractivity contribution in [1.29, 1.82) is 0 Å². The summed E-state index contributed by atoms with van der Waals surface area (Å²) in [5, 5.41) is 10.9. The third-order valence-electron chi connectivity index (χ3n) is 3.05. The Bertz CT molecular complexity index is 722. The molecule has 0 N–H and O–H groups in total. The topological polar surface area (TPSA) is 63.5 Å². The molecule has 2 aromatic carbocycles. The SMILES string of the molecule is CN(Cc1ccccc1)C(=O)c1cc(F)cc([N+](=O)[O-])c1Br. The molecule has 2 aromatic rings. The molecule has 7 heteroatoms. The molecule has 0 aromatic heterocycles. The van der Waals surface area contributed by atoms with Crippen LogP contribution in [0, 0.1) is 15.9 Å². The Kier molecular flexibility index (Phi) is 4.87. The average molecular weight is 367 g/mol. The summed E-state index contributed by atoms with van der Waals surface area (Å²) in [4.78, 5) is 23.9. The van der Waals surface area contributed by atoms with E-state index in [1.54, 1.807) is 7.05 Å². The van der Waals surface area contributed by atoms with Crippen LogP contribution in [0.4, 0.5) is 10.1 Å². The second-order valence-corrected chi connectivity index (χ2v) is 5.48. The highest BCUT2D eigenvalue weighted by molar-refractivity contribution is 9.10. The minimum atomic E-state index is -0.827. The lowest BCUT2D eigenvalue weighted by molar-refractivity contribution is -0.385. The molecule has 0 fully saturated rings. The minimum Gasteiger partial charge on any atom is -0.337 e. The Hall–Kier alpha value is -2.28. The summed E-state index contributed by atoms with van der Waals surface area (Å²) in [5.74, 6) is -1.33. The number of benzene rings is 2. The number of rotatable bonds is 4. The molecular weight excluding hydrogens is 355 g/mol. The maximum Gasteiger partial charge on any atom is 0.287 e. The van der Waals surface area contributed by atoms with Gasteiger partial charge in [0.1, 0.15) is 10.3 Å². The number of carbonyl (C=O) groups excluding carboxylic acids is 1. The molecule has 114 valence electrons. The van der Waals surface area contributed by atoms with Gasteiger partial charge in [-0.3, -0.25) is 14.9 Å². The monoisotopic (exact) mass is 366 g/mol. The van der Waals surface area contributed by atoms with Crippen molar-refractivity contribution < 1.29 is 14.1 Å². The first kappa shape index (κ1) is 16.1. The Balaban J connectivity index is 2.31. The van der Waals surface area contributed by atoms with Crippen LogP contribution in [0.15, 0.2) is 46.9 Å². The van der Waals surface area contributed by atoms with Crippen LogP contribution in [0.2, 0.25) is 0 Å². The highest BCUT2D eigenvalue weighted by atomic mass is 79.9. The first-order valence-electron chi connectivity index (χ1n) is 6.33. The fourth-order valence-corrected chi connectivity index (χ4v) is 2.54. The smallest absolute Gasteiger partial charge is 0.287 e. The lowest BCUT2D eigenvalue weighted by Crippen LogP contribution is -2.26. The molecule has 0 aliphatic carbocycles. The van der Waals surface area contributed by atoms with Gasteiger partial charge in [-0.25, -0.2) is 4.39 Å². The van der Waals surface area contributed by atoms with E-state index >= 15 is 0 Å². The van der Waals surface area contributed by atoms with Crippen LogP contribution in [-0.4, -0.2) is 22.8 Å². The molecule has 0 unspecified atom stereocenters. The molecule has 0 radical (unpaired) electrons. The molecule has 22 heavy (non-hydrogen) atoms. The lowest BCUT2D eigenvalue weighted by atomic mass is 10.1. The van der Waals surface area contributed by atoms with Crippen LogP contribution in [-0.2, 0) is 6.54 Å². The van der Waals surface area contributed by atoms with Gasteiger partial charge in [0, 0.05) is 13.6 Å². The molecular formula is C15H12BrFN2O3. The van der Waals surface area contributed by atoms with E-state index in [0.717, 1.165) is 17.7 Å². The predicted octanol–water partition coefficient (Wildman–Crippen LogP) is 3.77. The number of nitrogens with zero attached hydrogens (tertiary/aromatic N) is 2. The van der Waals surface area contributed by atoms with Gasteiger partial charge in [-0.1, -0.05) is 30.3 Å². The molecule has 2 rings (SSSR count). The summed E-state index contributed by atoms with van der Waals surface area (Å²) in [6.07, 6.45) is 0.